The molecule has 0 unspecified atom stereocenters. The van der Waals surface area contributed by atoms with E-state index < -0.39 is 5.60 Å². The van der Waals surface area contributed by atoms with Crippen molar-refractivity contribution in [1.29, 1.82) is 0 Å². The number of amides is 1. The van der Waals surface area contributed by atoms with Crippen LogP contribution >= 0.6 is 0 Å². The molecule has 0 spiro atoms. The molecule has 1 aromatic carbocycles. The lowest BCUT2D eigenvalue weighted by Gasteiger charge is -2.17. The fourth-order valence-corrected chi connectivity index (χ4v) is 3.37. The molecule has 2 N–H and O–H groups in total. The Morgan fingerprint density at radius 1 is 1.23 bits per heavy atom. The Morgan fingerprint density at radius 2 is 2.00 bits per heavy atom. The van der Waals surface area contributed by atoms with Crippen LogP contribution in [0.5, 0.6) is 0 Å². The van der Waals surface area contributed by atoms with E-state index in [1.165, 1.54) is 18.9 Å². The third kappa shape index (κ3) is 5.21. The molecule has 0 aliphatic heterocycles. The maximum Gasteiger partial charge on any atom is 0.248 e. The maximum absolute atomic E-state index is 12.4. The number of anilines is 1. The average Bonchev–Trinajstić information content (AvgIpc) is 3.44. The Bertz CT molecular complexity index is 1060. The average molecular weight is 402 g/mol. The SMILES string of the molecule is CC(C)(O)Cc1ccc(NC(=O)/C=C/c2cnccc2-c2cnn(C3CC3)c2)cc1. The van der Waals surface area contributed by atoms with Crippen LogP contribution in [-0.4, -0.2) is 31.4 Å². The van der Waals surface area contributed by atoms with E-state index in [0.717, 1.165) is 22.3 Å². The van der Waals surface area contributed by atoms with Gasteiger partial charge >= 0.3 is 0 Å². The van der Waals surface area contributed by atoms with Crippen LogP contribution in [0.25, 0.3) is 17.2 Å². The Balaban J connectivity index is 1.43. The minimum absolute atomic E-state index is 0.214. The van der Waals surface area contributed by atoms with Crippen LogP contribution in [-0.2, 0) is 11.2 Å². The Kier molecular flexibility index (Phi) is 5.50. The Morgan fingerprint density at radius 3 is 2.70 bits per heavy atom. The molecule has 1 saturated carbocycles. The van der Waals surface area contributed by atoms with Crippen molar-refractivity contribution in [2.45, 2.75) is 44.8 Å². The standard InChI is InChI=1S/C24H26N4O2/c1-24(2,30)13-17-3-6-20(7-4-17)27-23(29)10-5-18-14-25-12-11-22(18)19-15-26-28(16-19)21-8-9-21/h3-7,10-12,14-16,21,30H,8-9,13H2,1-2H3,(H,27,29)/b10-5+. The van der Waals surface area contributed by atoms with Gasteiger partial charge in [0.1, 0.15) is 0 Å². The first-order valence-corrected chi connectivity index (χ1v) is 10.2. The molecule has 30 heavy (non-hydrogen) atoms. The highest BCUT2D eigenvalue weighted by Crippen LogP contribution is 2.35. The van der Waals surface area contributed by atoms with Crippen LogP contribution in [0.2, 0.25) is 0 Å². The predicted molar refractivity (Wildman–Crippen MR) is 118 cm³/mol. The minimum Gasteiger partial charge on any atom is -0.390 e. The molecule has 2 heterocycles. The summed E-state index contributed by atoms with van der Waals surface area (Å²) in [7, 11) is 0. The lowest BCUT2D eigenvalue weighted by Crippen LogP contribution is -2.21. The van der Waals surface area contributed by atoms with Crippen LogP contribution < -0.4 is 5.32 Å². The van der Waals surface area contributed by atoms with Gasteiger partial charge in [-0.2, -0.15) is 5.10 Å². The number of hydrogen-bond donors (Lipinski definition) is 2. The molecule has 3 aromatic rings. The zero-order valence-corrected chi connectivity index (χ0v) is 17.2. The highest BCUT2D eigenvalue weighted by Gasteiger charge is 2.24. The molecule has 154 valence electrons. The largest absolute Gasteiger partial charge is 0.390 e. The van der Waals surface area contributed by atoms with E-state index in [1.54, 1.807) is 32.3 Å². The molecule has 1 amide bonds. The van der Waals surface area contributed by atoms with Crippen molar-refractivity contribution in [3.8, 4) is 11.1 Å². The molecule has 2 aromatic heterocycles. The molecule has 6 heteroatoms. The van der Waals surface area contributed by atoms with Crippen LogP contribution in [0.1, 0.15) is 43.9 Å². The van der Waals surface area contributed by atoms with Gasteiger partial charge in [0.15, 0.2) is 0 Å². The van der Waals surface area contributed by atoms with Gasteiger partial charge in [0, 0.05) is 47.9 Å². The van der Waals surface area contributed by atoms with Gasteiger partial charge in [0.05, 0.1) is 17.8 Å². The summed E-state index contributed by atoms with van der Waals surface area (Å²) in [5.74, 6) is -0.214. The van der Waals surface area contributed by atoms with Crippen molar-refractivity contribution in [1.82, 2.24) is 14.8 Å². The molecule has 4 rings (SSSR count). The third-order valence-corrected chi connectivity index (χ3v) is 4.96. The number of nitrogens with zero attached hydrogens (tertiary/aromatic N) is 3. The molecule has 0 saturated heterocycles. The van der Waals surface area contributed by atoms with Gasteiger partial charge in [-0.25, -0.2) is 0 Å². The predicted octanol–water partition coefficient (Wildman–Crippen LogP) is 4.25. The highest BCUT2D eigenvalue weighted by atomic mass is 16.3. The van der Waals surface area contributed by atoms with Gasteiger partial charge in [0.2, 0.25) is 5.91 Å². The second-order valence-corrected chi connectivity index (χ2v) is 8.41. The molecule has 0 atom stereocenters. The van der Waals surface area contributed by atoms with Crippen molar-refractivity contribution < 1.29 is 9.90 Å². The molecule has 1 aliphatic carbocycles. The summed E-state index contributed by atoms with van der Waals surface area (Å²) >= 11 is 0. The number of hydrogen-bond acceptors (Lipinski definition) is 4. The number of pyridine rings is 1. The fraction of sp³-hybridized carbons (Fsp3) is 0.292. The van der Waals surface area contributed by atoms with Crippen LogP contribution in [0.15, 0.2) is 61.2 Å². The lowest BCUT2D eigenvalue weighted by molar-refractivity contribution is -0.111. The van der Waals surface area contributed by atoms with Gasteiger partial charge in [-0.05, 0) is 62.1 Å². The first kappa shape index (κ1) is 20.0. The van der Waals surface area contributed by atoms with Crippen molar-refractivity contribution in [3.63, 3.8) is 0 Å². The molecule has 1 fully saturated rings. The first-order valence-electron chi connectivity index (χ1n) is 10.2. The Hall–Kier alpha value is -3.25. The summed E-state index contributed by atoms with van der Waals surface area (Å²) in [6, 6.07) is 9.97. The normalized spacial score (nSPS) is 14.2. The molecule has 6 nitrogen and oxygen atoms in total. The lowest BCUT2D eigenvalue weighted by atomic mass is 9.99. The molecule has 0 radical (unpaired) electrons. The number of carbonyl (C=O) groups is 1. The summed E-state index contributed by atoms with van der Waals surface area (Å²) in [5.41, 5.74) is 3.85. The van der Waals surface area contributed by atoms with E-state index in [1.807, 2.05) is 41.2 Å². The fourth-order valence-electron chi connectivity index (χ4n) is 3.37. The van der Waals surface area contributed by atoms with Gasteiger partial charge in [-0.3, -0.25) is 14.5 Å². The number of nitrogens with one attached hydrogen (secondary N) is 1. The number of benzene rings is 1. The van der Waals surface area contributed by atoms with Crippen molar-refractivity contribution in [3.05, 3.63) is 72.3 Å². The summed E-state index contributed by atoms with van der Waals surface area (Å²) in [6.45, 7) is 3.55. The topological polar surface area (TPSA) is 80.0 Å². The second kappa shape index (κ2) is 8.24. The van der Waals surface area contributed by atoms with Crippen LogP contribution in [0, 0.1) is 0 Å². The number of rotatable bonds is 7. The monoisotopic (exact) mass is 402 g/mol. The zero-order chi connectivity index (χ0) is 21.1. The summed E-state index contributed by atoms with van der Waals surface area (Å²) in [5, 5.41) is 17.2. The number of carbonyl (C=O) groups excluding carboxylic acids is 1. The molecule has 1 aliphatic rings. The quantitative estimate of drug-likeness (QED) is 0.579. The zero-order valence-electron chi connectivity index (χ0n) is 17.2. The minimum atomic E-state index is -0.760. The molecular formula is C24H26N4O2. The summed E-state index contributed by atoms with van der Waals surface area (Å²) in [4.78, 5) is 16.6. The second-order valence-electron chi connectivity index (χ2n) is 8.41. The van der Waals surface area contributed by atoms with Crippen LogP contribution in [0.4, 0.5) is 5.69 Å². The van der Waals surface area contributed by atoms with Gasteiger partial charge in [-0.15, -0.1) is 0 Å². The third-order valence-electron chi connectivity index (χ3n) is 4.96. The van der Waals surface area contributed by atoms with Crippen molar-refractivity contribution >= 4 is 17.7 Å². The maximum atomic E-state index is 12.4. The highest BCUT2D eigenvalue weighted by molar-refractivity contribution is 6.02. The van der Waals surface area contributed by atoms with Crippen molar-refractivity contribution in [2.75, 3.05) is 5.32 Å². The van der Waals surface area contributed by atoms with E-state index in [0.29, 0.717) is 18.2 Å². The van der Waals surface area contributed by atoms with E-state index >= 15 is 0 Å². The Labute approximate surface area is 176 Å². The van der Waals surface area contributed by atoms with Crippen molar-refractivity contribution in [2.24, 2.45) is 0 Å². The number of aromatic nitrogens is 3. The van der Waals surface area contributed by atoms with E-state index in [2.05, 4.69) is 21.6 Å². The van der Waals surface area contributed by atoms with E-state index in [-0.39, 0.29) is 5.91 Å². The first-order chi connectivity index (χ1) is 14.4. The molecule has 0 bridgehead atoms. The summed E-state index contributed by atoms with van der Waals surface area (Å²) in [6.07, 6.45) is 13.6. The smallest absolute Gasteiger partial charge is 0.248 e. The van der Waals surface area contributed by atoms with E-state index in [4.69, 9.17) is 0 Å². The molecular weight excluding hydrogens is 376 g/mol. The van der Waals surface area contributed by atoms with Crippen LogP contribution in [0.3, 0.4) is 0 Å². The van der Waals surface area contributed by atoms with Gasteiger partial charge < -0.3 is 10.4 Å². The number of aliphatic hydroxyl groups is 1. The van der Waals surface area contributed by atoms with Gasteiger partial charge in [-0.1, -0.05) is 12.1 Å². The van der Waals surface area contributed by atoms with E-state index in [9.17, 15) is 9.90 Å². The van der Waals surface area contributed by atoms with Gasteiger partial charge in [0.25, 0.3) is 0 Å². The summed E-state index contributed by atoms with van der Waals surface area (Å²) < 4.78 is 2.01.